The molecule has 0 amide bonds. The van der Waals surface area contributed by atoms with Gasteiger partial charge in [-0.3, -0.25) is 0 Å². The van der Waals surface area contributed by atoms with E-state index in [0.717, 1.165) is 25.1 Å². The Hall–Kier alpha value is -1.04. The van der Waals surface area contributed by atoms with Crippen molar-refractivity contribution in [2.75, 3.05) is 28.7 Å². The van der Waals surface area contributed by atoms with Gasteiger partial charge in [0, 0.05) is 18.3 Å². The number of rotatable bonds is 5. The molecule has 1 aliphatic heterocycles. The number of nitrogens with zero attached hydrogens (tertiary/aromatic N) is 2. The van der Waals surface area contributed by atoms with E-state index in [2.05, 4.69) is 27.5 Å². The zero-order chi connectivity index (χ0) is 12.8. The van der Waals surface area contributed by atoms with E-state index in [9.17, 15) is 4.39 Å². The van der Waals surface area contributed by atoms with Crippen LogP contribution in [-0.2, 0) is 0 Å². The van der Waals surface area contributed by atoms with Crippen molar-refractivity contribution in [3.8, 4) is 0 Å². The Bertz CT molecular complexity index is 382. The fraction of sp³-hybridized carbons (Fsp3) is 0.667. The Labute approximate surface area is 111 Å². The van der Waals surface area contributed by atoms with Gasteiger partial charge in [0.1, 0.15) is 0 Å². The highest BCUT2D eigenvalue weighted by atomic mass is 32.2. The Morgan fingerprint density at radius 3 is 3.17 bits per heavy atom. The first-order valence-corrected chi connectivity index (χ1v) is 7.55. The first-order chi connectivity index (χ1) is 8.79. The molecule has 0 aromatic carbocycles. The summed E-state index contributed by atoms with van der Waals surface area (Å²) in [6.45, 7) is 2.86. The van der Waals surface area contributed by atoms with E-state index in [1.807, 2.05) is 11.8 Å². The summed E-state index contributed by atoms with van der Waals surface area (Å²) in [5.74, 6) is 2.64. The Kier molecular flexibility index (Phi) is 5.04. The van der Waals surface area contributed by atoms with Crippen LogP contribution in [0.2, 0.25) is 0 Å². The van der Waals surface area contributed by atoms with Crippen LogP contribution in [0.15, 0.2) is 6.20 Å². The fourth-order valence-corrected chi connectivity index (χ4v) is 2.91. The molecule has 2 N–H and O–H groups in total. The van der Waals surface area contributed by atoms with Gasteiger partial charge in [-0.1, -0.05) is 6.92 Å². The van der Waals surface area contributed by atoms with Crippen LogP contribution in [0.1, 0.15) is 26.2 Å². The number of anilines is 2. The van der Waals surface area contributed by atoms with Crippen LogP contribution in [-0.4, -0.2) is 34.1 Å². The fourth-order valence-electron chi connectivity index (χ4n) is 1.84. The smallest absolute Gasteiger partial charge is 0.224 e. The molecule has 0 aliphatic carbocycles. The number of nitrogens with one attached hydrogen (secondary N) is 2. The van der Waals surface area contributed by atoms with Crippen molar-refractivity contribution in [1.29, 1.82) is 0 Å². The zero-order valence-corrected chi connectivity index (χ0v) is 11.4. The molecule has 6 heteroatoms. The Morgan fingerprint density at radius 1 is 1.56 bits per heavy atom. The van der Waals surface area contributed by atoms with E-state index in [1.165, 1.54) is 18.4 Å². The average molecular weight is 270 g/mol. The van der Waals surface area contributed by atoms with Crippen molar-refractivity contribution in [3.05, 3.63) is 12.0 Å². The van der Waals surface area contributed by atoms with E-state index >= 15 is 0 Å². The molecule has 2 rings (SSSR count). The molecule has 2 heterocycles. The maximum absolute atomic E-state index is 13.6. The van der Waals surface area contributed by atoms with Crippen LogP contribution in [0.3, 0.4) is 0 Å². The molecular weight excluding hydrogens is 251 g/mol. The standard InChI is InChI=1S/C12H19FN4S/c1-2-5-14-12-15-7-10(13)11(17-12)16-9-4-3-6-18-8-9/h7,9H,2-6,8H2,1H3,(H2,14,15,16,17). The van der Waals surface area contributed by atoms with Crippen molar-refractivity contribution in [2.45, 2.75) is 32.2 Å². The summed E-state index contributed by atoms with van der Waals surface area (Å²) >= 11 is 1.90. The SMILES string of the molecule is CCCNc1ncc(F)c(NC2CCCSC2)n1. The van der Waals surface area contributed by atoms with Gasteiger partial charge >= 0.3 is 0 Å². The van der Waals surface area contributed by atoms with Crippen LogP contribution in [0.4, 0.5) is 16.2 Å². The van der Waals surface area contributed by atoms with E-state index < -0.39 is 0 Å². The monoisotopic (exact) mass is 270 g/mol. The largest absolute Gasteiger partial charge is 0.364 e. The third kappa shape index (κ3) is 3.73. The Morgan fingerprint density at radius 2 is 2.44 bits per heavy atom. The van der Waals surface area contributed by atoms with Crippen LogP contribution < -0.4 is 10.6 Å². The number of aromatic nitrogens is 2. The molecule has 1 fully saturated rings. The van der Waals surface area contributed by atoms with Crippen LogP contribution in [0, 0.1) is 5.82 Å². The molecule has 1 unspecified atom stereocenters. The molecule has 1 aromatic heterocycles. The number of thioether (sulfide) groups is 1. The topological polar surface area (TPSA) is 49.8 Å². The predicted octanol–water partition coefficient (Wildman–Crippen LogP) is 2.75. The minimum Gasteiger partial charge on any atom is -0.364 e. The van der Waals surface area contributed by atoms with Gasteiger partial charge in [0.15, 0.2) is 11.6 Å². The Balaban J connectivity index is 2.00. The van der Waals surface area contributed by atoms with Crippen molar-refractivity contribution in [1.82, 2.24) is 9.97 Å². The third-order valence-corrected chi connectivity index (χ3v) is 3.99. The van der Waals surface area contributed by atoms with Crippen molar-refractivity contribution < 1.29 is 4.39 Å². The second-order valence-corrected chi connectivity index (χ2v) is 5.53. The van der Waals surface area contributed by atoms with Crippen molar-refractivity contribution in [2.24, 2.45) is 0 Å². The minimum atomic E-state index is -0.382. The summed E-state index contributed by atoms with van der Waals surface area (Å²) in [7, 11) is 0. The van der Waals surface area contributed by atoms with Crippen molar-refractivity contribution in [3.63, 3.8) is 0 Å². The van der Waals surface area contributed by atoms with Crippen LogP contribution in [0.5, 0.6) is 0 Å². The summed E-state index contributed by atoms with van der Waals surface area (Å²) in [5.41, 5.74) is 0. The van der Waals surface area contributed by atoms with Gasteiger partial charge in [0.05, 0.1) is 6.20 Å². The maximum Gasteiger partial charge on any atom is 0.224 e. The van der Waals surface area contributed by atoms with Gasteiger partial charge in [-0.15, -0.1) is 0 Å². The highest BCUT2D eigenvalue weighted by molar-refractivity contribution is 7.99. The second kappa shape index (κ2) is 6.78. The summed E-state index contributed by atoms with van der Waals surface area (Å²) in [4.78, 5) is 8.11. The number of hydrogen-bond donors (Lipinski definition) is 2. The lowest BCUT2D eigenvalue weighted by molar-refractivity contribution is 0.606. The summed E-state index contributed by atoms with van der Waals surface area (Å²) < 4.78 is 13.6. The molecule has 0 radical (unpaired) electrons. The van der Waals surface area contributed by atoms with Gasteiger partial charge in [-0.2, -0.15) is 16.7 Å². The predicted molar refractivity (Wildman–Crippen MR) is 74.7 cm³/mol. The number of halogens is 1. The maximum atomic E-state index is 13.6. The lowest BCUT2D eigenvalue weighted by Crippen LogP contribution is -2.27. The molecule has 0 saturated carbocycles. The minimum absolute atomic E-state index is 0.312. The highest BCUT2D eigenvalue weighted by Crippen LogP contribution is 2.21. The molecule has 18 heavy (non-hydrogen) atoms. The van der Waals surface area contributed by atoms with E-state index in [-0.39, 0.29) is 5.82 Å². The molecule has 0 bridgehead atoms. The van der Waals surface area contributed by atoms with Crippen LogP contribution >= 0.6 is 11.8 Å². The molecule has 4 nitrogen and oxygen atoms in total. The first-order valence-electron chi connectivity index (χ1n) is 6.40. The quantitative estimate of drug-likeness (QED) is 0.861. The van der Waals surface area contributed by atoms with E-state index in [4.69, 9.17) is 0 Å². The average Bonchev–Trinajstić information content (AvgIpc) is 2.41. The summed E-state index contributed by atoms with van der Waals surface area (Å²) in [6.07, 6.45) is 4.47. The summed E-state index contributed by atoms with van der Waals surface area (Å²) in [6, 6.07) is 0.312. The van der Waals surface area contributed by atoms with Gasteiger partial charge in [0.25, 0.3) is 0 Å². The molecule has 1 saturated heterocycles. The van der Waals surface area contributed by atoms with Gasteiger partial charge in [-0.25, -0.2) is 9.37 Å². The highest BCUT2D eigenvalue weighted by Gasteiger charge is 2.16. The number of hydrogen-bond acceptors (Lipinski definition) is 5. The summed E-state index contributed by atoms with van der Waals surface area (Å²) in [5, 5.41) is 6.24. The first kappa shape index (κ1) is 13.4. The van der Waals surface area contributed by atoms with Crippen LogP contribution in [0.25, 0.3) is 0 Å². The van der Waals surface area contributed by atoms with Crippen molar-refractivity contribution >= 4 is 23.5 Å². The van der Waals surface area contributed by atoms with Gasteiger partial charge < -0.3 is 10.6 Å². The third-order valence-electron chi connectivity index (χ3n) is 2.78. The van der Waals surface area contributed by atoms with Gasteiger partial charge in [-0.05, 0) is 25.0 Å². The van der Waals surface area contributed by atoms with Gasteiger partial charge in [0.2, 0.25) is 5.95 Å². The second-order valence-electron chi connectivity index (χ2n) is 4.38. The molecule has 100 valence electrons. The molecule has 1 atom stereocenters. The van der Waals surface area contributed by atoms with E-state index in [0.29, 0.717) is 17.8 Å². The van der Waals surface area contributed by atoms with E-state index in [1.54, 1.807) is 0 Å². The zero-order valence-electron chi connectivity index (χ0n) is 10.6. The molecule has 0 spiro atoms. The normalized spacial score (nSPS) is 19.6. The lowest BCUT2D eigenvalue weighted by Gasteiger charge is -2.23. The lowest BCUT2D eigenvalue weighted by atomic mass is 10.2. The molecule has 1 aromatic rings. The molecular formula is C12H19FN4S. The molecule has 1 aliphatic rings.